The lowest BCUT2D eigenvalue weighted by molar-refractivity contribution is 0.185. The van der Waals surface area contributed by atoms with Gasteiger partial charge in [-0.05, 0) is 43.6 Å². The molecule has 5 nitrogen and oxygen atoms in total. The average Bonchev–Trinajstić information content (AvgIpc) is 3.08. The second-order valence-corrected chi connectivity index (χ2v) is 6.97. The molecule has 2 aliphatic carbocycles. The number of H-pyrrole nitrogens is 1. The maximum atomic E-state index is 14.3. The number of nitrogens with zero attached hydrogens (tertiary/aromatic N) is 2. The first-order valence-corrected chi connectivity index (χ1v) is 8.22. The minimum absolute atomic E-state index is 0.305. The van der Waals surface area contributed by atoms with Gasteiger partial charge in [0, 0.05) is 6.04 Å². The van der Waals surface area contributed by atoms with Crippen molar-refractivity contribution < 1.29 is 4.39 Å². The molecule has 1 unspecified atom stereocenters. The average molecular weight is 303 g/mol. The Morgan fingerprint density at radius 1 is 1.27 bits per heavy atom. The van der Waals surface area contributed by atoms with Gasteiger partial charge in [0.2, 0.25) is 0 Å². The zero-order chi connectivity index (χ0) is 15.2. The fourth-order valence-electron chi connectivity index (χ4n) is 4.38. The van der Waals surface area contributed by atoms with Crippen LogP contribution in [0.25, 0.3) is 11.0 Å². The number of anilines is 2. The third-order valence-electron chi connectivity index (χ3n) is 5.47. The van der Waals surface area contributed by atoms with E-state index < -0.39 is 0 Å². The lowest BCUT2D eigenvalue weighted by Crippen LogP contribution is -2.34. The summed E-state index contributed by atoms with van der Waals surface area (Å²) in [5.41, 5.74) is 6.67. The lowest BCUT2D eigenvalue weighted by atomic mass is 9.71. The second-order valence-electron chi connectivity index (χ2n) is 6.97. The van der Waals surface area contributed by atoms with Crippen LogP contribution in [0.4, 0.5) is 16.0 Å². The summed E-state index contributed by atoms with van der Waals surface area (Å²) in [4.78, 5) is 4.30. The van der Waals surface area contributed by atoms with Gasteiger partial charge >= 0.3 is 0 Å². The Hall–Kier alpha value is -1.85. The van der Waals surface area contributed by atoms with Crippen LogP contribution in [-0.4, -0.2) is 21.2 Å². The molecule has 0 aromatic carbocycles. The lowest BCUT2D eigenvalue weighted by Gasteiger charge is -2.38. The summed E-state index contributed by atoms with van der Waals surface area (Å²) < 4.78 is 14.3. The number of aromatic amines is 1. The number of halogens is 1. The van der Waals surface area contributed by atoms with Crippen LogP contribution in [-0.2, 0) is 0 Å². The van der Waals surface area contributed by atoms with Gasteiger partial charge in [-0.2, -0.15) is 5.10 Å². The van der Waals surface area contributed by atoms with Crippen molar-refractivity contribution in [3.63, 3.8) is 0 Å². The number of fused-ring (bicyclic) bond motifs is 1. The van der Waals surface area contributed by atoms with Crippen LogP contribution in [0.5, 0.6) is 0 Å². The molecule has 1 spiro atoms. The maximum absolute atomic E-state index is 14.3. The van der Waals surface area contributed by atoms with Gasteiger partial charge in [-0.3, -0.25) is 5.10 Å². The van der Waals surface area contributed by atoms with E-state index in [1.807, 2.05) is 0 Å². The number of rotatable bonds is 2. The number of pyridine rings is 1. The molecular weight excluding hydrogens is 281 g/mol. The molecule has 0 bridgehead atoms. The molecule has 2 aromatic heterocycles. The fourth-order valence-corrected chi connectivity index (χ4v) is 4.38. The molecule has 2 aliphatic rings. The molecule has 4 N–H and O–H groups in total. The van der Waals surface area contributed by atoms with E-state index in [1.165, 1.54) is 44.6 Å². The highest BCUT2D eigenvalue weighted by Gasteiger charge is 2.38. The Morgan fingerprint density at radius 3 is 2.86 bits per heavy atom. The Labute approximate surface area is 128 Å². The van der Waals surface area contributed by atoms with Crippen LogP contribution in [0.3, 0.4) is 0 Å². The Kier molecular flexibility index (Phi) is 3.20. The largest absolute Gasteiger partial charge is 0.384 e. The Bertz CT molecular complexity index is 689. The molecule has 0 radical (unpaired) electrons. The topological polar surface area (TPSA) is 79.6 Å². The first kappa shape index (κ1) is 13.8. The molecule has 2 aromatic rings. The van der Waals surface area contributed by atoms with Crippen LogP contribution in [0.15, 0.2) is 6.07 Å². The van der Waals surface area contributed by atoms with Crippen molar-refractivity contribution in [3.8, 4) is 0 Å². The summed E-state index contributed by atoms with van der Waals surface area (Å²) in [5, 5.41) is 10.5. The highest BCUT2D eigenvalue weighted by atomic mass is 19.1. The van der Waals surface area contributed by atoms with E-state index in [1.54, 1.807) is 0 Å². The molecule has 2 saturated carbocycles. The van der Waals surface area contributed by atoms with Gasteiger partial charge in [0.1, 0.15) is 5.82 Å². The van der Waals surface area contributed by atoms with E-state index in [9.17, 15) is 4.39 Å². The van der Waals surface area contributed by atoms with Crippen LogP contribution in [0, 0.1) is 11.2 Å². The van der Waals surface area contributed by atoms with Crippen molar-refractivity contribution in [1.29, 1.82) is 0 Å². The highest BCUT2D eigenvalue weighted by molar-refractivity contribution is 5.86. The molecule has 118 valence electrons. The van der Waals surface area contributed by atoms with Crippen LogP contribution in [0.2, 0.25) is 0 Å². The van der Waals surface area contributed by atoms with Crippen LogP contribution < -0.4 is 11.1 Å². The van der Waals surface area contributed by atoms with Crippen molar-refractivity contribution in [3.05, 3.63) is 11.9 Å². The molecule has 2 heterocycles. The molecule has 2 fully saturated rings. The monoisotopic (exact) mass is 303 g/mol. The van der Waals surface area contributed by atoms with Crippen molar-refractivity contribution in [2.75, 3.05) is 11.1 Å². The van der Waals surface area contributed by atoms with E-state index >= 15 is 0 Å². The van der Waals surface area contributed by atoms with Crippen LogP contribution in [0.1, 0.15) is 51.4 Å². The zero-order valence-electron chi connectivity index (χ0n) is 12.7. The quantitative estimate of drug-likeness (QED) is 0.792. The molecule has 0 saturated heterocycles. The first-order valence-electron chi connectivity index (χ1n) is 8.22. The second kappa shape index (κ2) is 5.11. The number of hydrogen-bond acceptors (Lipinski definition) is 4. The van der Waals surface area contributed by atoms with E-state index in [4.69, 9.17) is 5.73 Å². The van der Waals surface area contributed by atoms with Crippen molar-refractivity contribution in [2.45, 2.75) is 57.4 Å². The van der Waals surface area contributed by atoms with E-state index in [-0.39, 0.29) is 5.82 Å². The standard InChI is InChI=1S/C16H22FN5/c17-12-8-11-13(18)21-22-14(11)20-15(12)19-10-4-3-7-16(9-10)5-1-2-6-16/h8,10H,1-7,9H2,(H4,18,19,20,21,22). The predicted octanol–water partition coefficient (Wildman–Crippen LogP) is 3.59. The van der Waals surface area contributed by atoms with E-state index in [0.29, 0.717) is 34.1 Å². The van der Waals surface area contributed by atoms with Gasteiger partial charge < -0.3 is 11.1 Å². The Balaban J connectivity index is 1.56. The van der Waals surface area contributed by atoms with Crippen LogP contribution >= 0.6 is 0 Å². The molecule has 4 rings (SSSR count). The van der Waals surface area contributed by atoms with Gasteiger partial charge in [-0.25, -0.2) is 9.37 Å². The van der Waals surface area contributed by atoms with E-state index in [2.05, 4.69) is 20.5 Å². The third kappa shape index (κ3) is 2.30. The summed E-state index contributed by atoms with van der Waals surface area (Å²) in [6.07, 6.45) is 10.1. The molecule has 6 heteroatoms. The summed E-state index contributed by atoms with van der Waals surface area (Å²) in [6.45, 7) is 0. The molecule has 22 heavy (non-hydrogen) atoms. The Morgan fingerprint density at radius 2 is 2.05 bits per heavy atom. The normalized spacial score (nSPS) is 24.1. The molecule has 0 aliphatic heterocycles. The minimum Gasteiger partial charge on any atom is -0.384 e. The number of aromatic nitrogens is 3. The summed E-state index contributed by atoms with van der Waals surface area (Å²) in [6, 6.07) is 1.72. The molecular formula is C16H22FN5. The SMILES string of the molecule is Nc1[nH]nc2nc(NC3CCCC4(CCCC4)C3)c(F)cc12. The zero-order valence-corrected chi connectivity index (χ0v) is 12.7. The van der Waals surface area contributed by atoms with Gasteiger partial charge in [0.15, 0.2) is 17.3 Å². The van der Waals surface area contributed by atoms with Gasteiger partial charge in [-0.1, -0.05) is 19.3 Å². The van der Waals surface area contributed by atoms with Crippen molar-refractivity contribution in [1.82, 2.24) is 15.2 Å². The van der Waals surface area contributed by atoms with Crippen molar-refractivity contribution >= 4 is 22.7 Å². The van der Waals surface area contributed by atoms with Gasteiger partial charge in [0.25, 0.3) is 0 Å². The summed E-state index contributed by atoms with van der Waals surface area (Å²) >= 11 is 0. The van der Waals surface area contributed by atoms with Gasteiger partial charge in [-0.15, -0.1) is 0 Å². The van der Waals surface area contributed by atoms with Gasteiger partial charge in [0.05, 0.1) is 5.39 Å². The number of hydrogen-bond donors (Lipinski definition) is 3. The smallest absolute Gasteiger partial charge is 0.185 e. The maximum Gasteiger partial charge on any atom is 0.185 e. The minimum atomic E-state index is -0.355. The fraction of sp³-hybridized carbons (Fsp3) is 0.625. The number of nitrogen functional groups attached to an aromatic ring is 1. The highest BCUT2D eigenvalue weighted by Crippen LogP contribution is 2.49. The first-order chi connectivity index (χ1) is 10.7. The number of nitrogens with one attached hydrogen (secondary N) is 2. The molecule has 1 atom stereocenters. The molecule has 0 amide bonds. The number of nitrogens with two attached hydrogens (primary N) is 1. The summed E-state index contributed by atoms with van der Waals surface area (Å²) in [7, 11) is 0. The van der Waals surface area contributed by atoms with Crippen molar-refractivity contribution in [2.24, 2.45) is 5.41 Å². The summed E-state index contributed by atoms with van der Waals surface area (Å²) in [5.74, 6) is 0.307. The third-order valence-corrected chi connectivity index (χ3v) is 5.47. The predicted molar refractivity (Wildman–Crippen MR) is 85.0 cm³/mol. The van der Waals surface area contributed by atoms with E-state index in [0.717, 1.165) is 12.8 Å².